The molecule has 21 heavy (non-hydrogen) atoms. The minimum Gasteiger partial charge on any atom is -0.493 e. The second-order valence-corrected chi connectivity index (χ2v) is 5.94. The van der Waals surface area contributed by atoms with E-state index >= 15 is 0 Å². The van der Waals surface area contributed by atoms with Crippen molar-refractivity contribution < 1.29 is 14.3 Å². The highest BCUT2D eigenvalue weighted by atomic mass is 79.9. The molecule has 0 radical (unpaired) electrons. The van der Waals surface area contributed by atoms with E-state index in [9.17, 15) is 4.79 Å². The molecule has 0 amide bonds. The van der Waals surface area contributed by atoms with Crippen LogP contribution >= 0.6 is 15.9 Å². The maximum absolute atomic E-state index is 12.3. The monoisotopic (exact) mass is 346 g/mol. The molecule has 0 saturated heterocycles. The lowest BCUT2D eigenvalue weighted by Crippen LogP contribution is -1.98. The minimum absolute atomic E-state index is 0.0837. The van der Waals surface area contributed by atoms with Crippen LogP contribution in [0.3, 0.4) is 0 Å². The molecule has 0 N–H and O–H groups in total. The van der Waals surface area contributed by atoms with E-state index in [4.69, 9.17) is 9.47 Å². The van der Waals surface area contributed by atoms with Crippen molar-refractivity contribution in [2.45, 2.75) is 12.3 Å². The molecule has 3 nitrogen and oxygen atoms in total. The van der Waals surface area contributed by atoms with Crippen molar-refractivity contribution in [1.82, 2.24) is 0 Å². The Morgan fingerprint density at radius 1 is 1.05 bits per heavy atom. The predicted octanol–water partition coefficient (Wildman–Crippen LogP) is 4.18. The standard InChI is InChI=1S/C17H15BrO3/c1-20-16-8-13-12(10-3-5-11(18)6-4-10)7-15(19)14(13)9-17(16)21-2/h3-6,8-9,12H,7H2,1-2H3. The van der Waals surface area contributed by atoms with Gasteiger partial charge in [-0.1, -0.05) is 28.1 Å². The summed E-state index contributed by atoms with van der Waals surface area (Å²) in [5, 5.41) is 0. The number of hydrogen-bond donors (Lipinski definition) is 0. The number of carbonyl (C=O) groups is 1. The largest absolute Gasteiger partial charge is 0.493 e. The van der Waals surface area contributed by atoms with Crippen LogP contribution in [0.5, 0.6) is 11.5 Å². The summed E-state index contributed by atoms with van der Waals surface area (Å²) < 4.78 is 11.7. The van der Waals surface area contributed by atoms with Gasteiger partial charge in [-0.05, 0) is 35.4 Å². The number of benzene rings is 2. The van der Waals surface area contributed by atoms with Gasteiger partial charge in [-0.15, -0.1) is 0 Å². The number of halogens is 1. The second-order valence-electron chi connectivity index (χ2n) is 5.03. The first-order chi connectivity index (χ1) is 10.1. The summed E-state index contributed by atoms with van der Waals surface area (Å²) in [4.78, 5) is 12.3. The number of rotatable bonds is 3. The lowest BCUT2D eigenvalue weighted by Gasteiger charge is -2.14. The van der Waals surface area contributed by atoms with Crippen molar-refractivity contribution in [2.24, 2.45) is 0 Å². The molecule has 2 aromatic rings. The number of carbonyl (C=O) groups excluding carboxylic acids is 1. The van der Waals surface area contributed by atoms with Crippen LogP contribution in [0.1, 0.15) is 33.8 Å². The normalized spacial score (nSPS) is 16.7. The fourth-order valence-electron chi connectivity index (χ4n) is 2.82. The van der Waals surface area contributed by atoms with Crippen molar-refractivity contribution >= 4 is 21.7 Å². The molecule has 4 heteroatoms. The SMILES string of the molecule is COc1cc2c(cc1OC)C(c1ccc(Br)cc1)CC2=O. The Kier molecular flexibility index (Phi) is 3.72. The van der Waals surface area contributed by atoms with E-state index in [1.165, 1.54) is 0 Å². The van der Waals surface area contributed by atoms with Crippen LogP contribution in [0.25, 0.3) is 0 Å². The molecule has 1 unspecified atom stereocenters. The summed E-state index contributed by atoms with van der Waals surface area (Å²) in [5.74, 6) is 1.49. The third-order valence-electron chi connectivity index (χ3n) is 3.89. The van der Waals surface area contributed by atoms with Crippen LogP contribution < -0.4 is 9.47 Å². The third-order valence-corrected chi connectivity index (χ3v) is 4.42. The number of hydrogen-bond acceptors (Lipinski definition) is 3. The maximum Gasteiger partial charge on any atom is 0.164 e. The van der Waals surface area contributed by atoms with Gasteiger partial charge in [0.05, 0.1) is 14.2 Å². The molecular weight excluding hydrogens is 332 g/mol. The van der Waals surface area contributed by atoms with Gasteiger partial charge in [0.1, 0.15) is 0 Å². The van der Waals surface area contributed by atoms with Gasteiger partial charge in [-0.2, -0.15) is 0 Å². The average Bonchev–Trinajstić information content (AvgIpc) is 2.83. The maximum atomic E-state index is 12.3. The van der Waals surface area contributed by atoms with E-state index in [2.05, 4.69) is 15.9 Å². The Morgan fingerprint density at radius 3 is 2.29 bits per heavy atom. The van der Waals surface area contributed by atoms with E-state index in [1.54, 1.807) is 20.3 Å². The molecule has 0 bridgehead atoms. The lowest BCUT2D eigenvalue weighted by atomic mass is 9.93. The smallest absolute Gasteiger partial charge is 0.164 e. The molecule has 0 spiro atoms. The van der Waals surface area contributed by atoms with Crippen LogP contribution in [0.4, 0.5) is 0 Å². The van der Waals surface area contributed by atoms with E-state index < -0.39 is 0 Å². The van der Waals surface area contributed by atoms with E-state index in [1.807, 2.05) is 30.3 Å². The summed E-state index contributed by atoms with van der Waals surface area (Å²) in [5.41, 5.74) is 2.89. The van der Waals surface area contributed by atoms with Crippen molar-refractivity contribution in [1.29, 1.82) is 0 Å². The topological polar surface area (TPSA) is 35.5 Å². The Hall–Kier alpha value is -1.81. The molecule has 0 aromatic heterocycles. The molecule has 0 heterocycles. The third kappa shape index (κ3) is 2.44. The Morgan fingerprint density at radius 2 is 1.67 bits per heavy atom. The van der Waals surface area contributed by atoms with Crippen LogP contribution in [-0.2, 0) is 0 Å². The molecule has 1 aliphatic carbocycles. The van der Waals surface area contributed by atoms with Crippen molar-refractivity contribution in [3.05, 3.63) is 57.6 Å². The van der Waals surface area contributed by atoms with E-state index in [0.29, 0.717) is 17.9 Å². The number of Topliss-reactive ketones (excluding diaryl/α,β-unsaturated/α-hetero) is 1. The number of ether oxygens (including phenoxy) is 2. The van der Waals surface area contributed by atoms with Gasteiger partial charge in [0, 0.05) is 22.4 Å². The molecule has 0 fully saturated rings. The van der Waals surface area contributed by atoms with Gasteiger partial charge in [-0.25, -0.2) is 0 Å². The van der Waals surface area contributed by atoms with Crippen LogP contribution in [0, 0.1) is 0 Å². The zero-order valence-electron chi connectivity index (χ0n) is 11.9. The van der Waals surface area contributed by atoms with Crippen LogP contribution in [0.2, 0.25) is 0 Å². The van der Waals surface area contributed by atoms with Gasteiger partial charge in [0.15, 0.2) is 17.3 Å². The van der Waals surface area contributed by atoms with Gasteiger partial charge < -0.3 is 9.47 Å². The zero-order chi connectivity index (χ0) is 15.0. The summed E-state index contributed by atoms with van der Waals surface area (Å²) in [6.07, 6.45) is 0.493. The highest BCUT2D eigenvalue weighted by Gasteiger charge is 2.32. The quantitative estimate of drug-likeness (QED) is 0.835. The Bertz CT molecular complexity index is 692. The van der Waals surface area contributed by atoms with Crippen molar-refractivity contribution in [3.63, 3.8) is 0 Å². The summed E-state index contributed by atoms with van der Waals surface area (Å²) in [6, 6.07) is 11.8. The van der Waals surface area contributed by atoms with Crippen LogP contribution in [-0.4, -0.2) is 20.0 Å². The molecule has 2 aromatic carbocycles. The Balaban J connectivity index is 2.10. The molecule has 1 atom stereocenters. The minimum atomic E-state index is 0.0837. The van der Waals surface area contributed by atoms with Gasteiger partial charge in [0.2, 0.25) is 0 Å². The number of ketones is 1. The molecule has 108 valence electrons. The number of methoxy groups -OCH3 is 2. The molecule has 0 saturated carbocycles. The summed E-state index contributed by atoms with van der Waals surface area (Å²) in [7, 11) is 3.19. The first-order valence-electron chi connectivity index (χ1n) is 6.68. The van der Waals surface area contributed by atoms with Gasteiger partial charge in [-0.3, -0.25) is 4.79 Å². The fraction of sp³-hybridized carbons (Fsp3) is 0.235. The summed E-state index contributed by atoms with van der Waals surface area (Å²) >= 11 is 3.44. The number of fused-ring (bicyclic) bond motifs is 1. The molecule has 3 rings (SSSR count). The van der Waals surface area contributed by atoms with Crippen LogP contribution in [0.15, 0.2) is 40.9 Å². The second kappa shape index (κ2) is 5.53. The van der Waals surface area contributed by atoms with Gasteiger partial charge in [0.25, 0.3) is 0 Å². The Labute approximate surface area is 132 Å². The molecule has 0 aliphatic heterocycles. The summed E-state index contributed by atoms with van der Waals surface area (Å²) in [6.45, 7) is 0. The highest BCUT2D eigenvalue weighted by molar-refractivity contribution is 9.10. The molecular formula is C17H15BrO3. The first kappa shape index (κ1) is 14.1. The predicted molar refractivity (Wildman–Crippen MR) is 84.5 cm³/mol. The van der Waals surface area contributed by atoms with E-state index in [-0.39, 0.29) is 11.7 Å². The lowest BCUT2D eigenvalue weighted by molar-refractivity contribution is 0.0991. The van der Waals surface area contributed by atoms with Gasteiger partial charge >= 0.3 is 0 Å². The average molecular weight is 347 g/mol. The first-order valence-corrected chi connectivity index (χ1v) is 7.48. The van der Waals surface area contributed by atoms with E-state index in [0.717, 1.165) is 21.2 Å². The zero-order valence-corrected chi connectivity index (χ0v) is 13.4. The van der Waals surface area contributed by atoms with Crippen molar-refractivity contribution in [2.75, 3.05) is 14.2 Å². The fourth-order valence-corrected chi connectivity index (χ4v) is 3.09. The highest BCUT2D eigenvalue weighted by Crippen LogP contribution is 2.43. The van der Waals surface area contributed by atoms with Crippen molar-refractivity contribution in [3.8, 4) is 11.5 Å². The molecule has 1 aliphatic rings.